The van der Waals surface area contributed by atoms with Crippen molar-refractivity contribution < 1.29 is 32.2 Å². The van der Waals surface area contributed by atoms with Crippen LogP contribution in [0.25, 0.3) is 0 Å². The summed E-state index contributed by atoms with van der Waals surface area (Å²) in [6, 6.07) is 14.5. The molecule has 0 saturated heterocycles. The number of hydrogen-bond acceptors (Lipinski definition) is 7. The van der Waals surface area contributed by atoms with Crippen molar-refractivity contribution >= 4 is 50.7 Å². The Morgan fingerprint density at radius 1 is 0.857 bits per heavy atom. The highest BCUT2D eigenvalue weighted by molar-refractivity contribution is 7.92. The van der Waals surface area contributed by atoms with Crippen molar-refractivity contribution in [2.75, 3.05) is 39.2 Å². The molecule has 0 unspecified atom stereocenters. The van der Waals surface area contributed by atoms with E-state index in [0.29, 0.717) is 16.3 Å². The van der Waals surface area contributed by atoms with Crippen molar-refractivity contribution in [3.05, 3.63) is 76.3 Å². The average Bonchev–Trinajstić information content (AvgIpc) is 2.99. The van der Waals surface area contributed by atoms with Crippen LogP contribution in [-0.2, 0) is 26.2 Å². The highest BCUT2D eigenvalue weighted by Crippen LogP contribution is 2.37. The maximum Gasteiger partial charge on any atom is 0.265 e. The number of ether oxygens (including phenoxy) is 3. The number of carbonyl (C=O) groups is 2. The van der Waals surface area contributed by atoms with Gasteiger partial charge in [0, 0.05) is 29.7 Å². The number of halogens is 2. The number of hydrogen-bond donors (Lipinski definition) is 1. The van der Waals surface area contributed by atoms with Gasteiger partial charge in [0.15, 0.2) is 11.5 Å². The molecule has 3 rings (SSSR count). The quantitative estimate of drug-likeness (QED) is 0.287. The summed E-state index contributed by atoms with van der Waals surface area (Å²) >= 11 is 12.3. The largest absolute Gasteiger partial charge is 0.495 e. The van der Waals surface area contributed by atoms with Gasteiger partial charge < -0.3 is 24.4 Å². The minimum absolute atomic E-state index is 0.0266. The maximum absolute atomic E-state index is 14.2. The zero-order valence-corrected chi connectivity index (χ0v) is 26.2. The van der Waals surface area contributed by atoms with Crippen LogP contribution in [-0.4, -0.2) is 66.1 Å². The summed E-state index contributed by atoms with van der Waals surface area (Å²) < 4.78 is 45.4. The fourth-order valence-corrected chi connectivity index (χ4v) is 6.07. The number of likely N-dealkylation sites (N-methyl/N-ethyl adjacent to an activating group) is 1. The van der Waals surface area contributed by atoms with Crippen LogP contribution in [0.5, 0.6) is 17.2 Å². The van der Waals surface area contributed by atoms with E-state index in [4.69, 9.17) is 37.4 Å². The summed E-state index contributed by atoms with van der Waals surface area (Å²) in [7, 11) is 1.23. The van der Waals surface area contributed by atoms with Crippen molar-refractivity contribution in [1.29, 1.82) is 0 Å². The normalized spacial score (nSPS) is 11.8. The molecule has 1 N–H and O–H groups in total. The van der Waals surface area contributed by atoms with Crippen LogP contribution in [0.1, 0.15) is 18.9 Å². The highest BCUT2D eigenvalue weighted by atomic mass is 35.5. The molecule has 0 radical (unpaired) electrons. The molecule has 0 aliphatic carbocycles. The topological polar surface area (TPSA) is 114 Å². The van der Waals surface area contributed by atoms with Gasteiger partial charge in [-0.15, -0.1) is 0 Å². The molecule has 0 fully saturated rings. The Morgan fingerprint density at radius 3 is 2.02 bits per heavy atom. The van der Waals surface area contributed by atoms with Crippen molar-refractivity contribution in [2.24, 2.45) is 0 Å². The van der Waals surface area contributed by atoms with E-state index in [1.54, 1.807) is 37.3 Å². The Balaban J connectivity index is 2.17. The Bertz CT molecular complexity index is 1520. The summed E-state index contributed by atoms with van der Waals surface area (Å²) in [6.07, 6.45) is 0.280. The zero-order valence-electron chi connectivity index (χ0n) is 23.9. The van der Waals surface area contributed by atoms with Gasteiger partial charge in [0.25, 0.3) is 10.0 Å². The monoisotopic (exact) mass is 637 g/mol. The molecule has 10 nitrogen and oxygen atoms in total. The molecule has 226 valence electrons. The lowest BCUT2D eigenvalue weighted by Gasteiger charge is -2.33. The van der Waals surface area contributed by atoms with Crippen molar-refractivity contribution in [3.63, 3.8) is 0 Å². The standard InChI is InChI=1S/C29H33Cl2N3O7S/c1-6-23(29(36)32-2)33(17-19-7-9-20(30)10-8-19)28(35)18-34(24-15-21(31)11-13-25(24)39-3)42(37,38)22-12-14-26(40-4)27(16-22)41-5/h7-16,23H,6,17-18H2,1-5H3,(H,32,36)/t23-/m0/s1. The van der Waals surface area contributed by atoms with Gasteiger partial charge in [0.05, 0.1) is 31.9 Å². The molecule has 42 heavy (non-hydrogen) atoms. The van der Waals surface area contributed by atoms with Crippen LogP contribution in [0.4, 0.5) is 5.69 Å². The number of nitrogens with one attached hydrogen (secondary N) is 1. The number of sulfonamides is 1. The number of benzene rings is 3. The molecule has 3 aromatic rings. The second-order valence-electron chi connectivity index (χ2n) is 9.03. The fraction of sp³-hybridized carbons (Fsp3) is 0.310. The molecule has 0 heterocycles. The van der Waals surface area contributed by atoms with Gasteiger partial charge in [-0.2, -0.15) is 0 Å². The van der Waals surface area contributed by atoms with E-state index >= 15 is 0 Å². The molecule has 0 aliphatic rings. The van der Waals surface area contributed by atoms with Gasteiger partial charge in [-0.3, -0.25) is 13.9 Å². The minimum atomic E-state index is -4.43. The molecule has 2 amide bonds. The molecule has 0 saturated carbocycles. The number of carbonyl (C=O) groups excluding carboxylic acids is 2. The van der Waals surface area contributed by atoms with Gasteiger partial charge in [0.2, 0.25) is 11.8 Å². The summed E-state index contributed by atoms with van der Waals surface area (Å²) in [5.41, 5.74) is 0.734. The van der Waals surface area contributed by atoms with Crippen LogP contribution in [0.15, 0.2) is 65.6 Å². The summed E-state index contributed by atoms with van der Waals surface area (Å²) in [6.45, 7) is 1.12. The number of amides is 2. The molecule has 13 heteroatoms. The number of anilines is 1. The Kier molecular flexibility index (Phi) is 11.3. The second-order valence-corrected chi connectivity index (χ2v) is 11.8. The van der Waals surface area contributed by atoms with Crippen molar-refractivity contribution in [3.8, 4) is 17.2 Å². The number of nitrogens with zero attached hydrogens (tertiary/aromatic N) is 2. The SMILES string of the molecule is CC[C@@H](C(=O)NC)N(Cc1ccc(Cl)cc1)C(=O)CN(c1cc(Cl)ccc1OC)S(=O)(=O)c1ccc(OC)c(OC)c1. The van der Waals surface area contributed by atoms with E-state index < -0.39 is 34.4 Å². The summed E-state index contributed by atoms with van der Waals surface area (Å²) in [5, 5.41) is 3.32. The summed E-state index contributed by atoms with van der Waals surface area (Å²) in [4.78, 5) is 28.1. The third-order valence-corrected chi connectivity index (χ3v) is 8.77. The van der Waals surface area contributed by atoms with E-state index in [-0.39, 0.29) is 40.1 Å². The number of rotatable bonds is 13. The number of methoxy groups -OCH3 is 3. The lowest BCUT2D eigenvalue weighted by atomic mass is 10.1. The third kappa shape index (κ3) is 7.39. The smallest absolute Gasteiger partial charge is 0.265 e. The van der Waals surface area contributed by atoms with Gasteiger partial charge >= 0.3 is 0 Å². The molecular formula is C29H33Cl2N3O7S. The van der Waals surface area contributed by atoms with E-state index in [1.165, 1.54) is 63.6 Å². The van der Waals surface area contributed by atoms with E-state index in [1.807, 2.05) is 0 Å². The zero-order chi connectivity index (χ0) is 31.0. The Hall–Kier alpha value is -3.67. The Labute approximate surface area is 256 Å². The minimum Gasteiger partial charge on any atom is -0.495 e. The van der Waals surface area contributed by atoms with Gasteiger partial charge in [-0.1, -0.05) is 42.3 Å². The molecule has 0 aromatic heterocycles. The van der Waals surface area contributed by atoms with Crippen LogP contribution < -0.4 is 23.8 Å². The molecule has 0 spiro atoms. The second kappa shape index (κ2) is 14.5. The summed E-state index contributed by atoms with van der Waals surface area (Å²) in [5.74, 6) is -0.359. The van der Waals surface area contributed by atoms with Crippen LogP contribution in [0.2, 0.25) is 10.0 Å². The van der Waals surface area contributed by atoms with E-state index in [2.05, 4.69) is 5.32 Å². The van der Waals surface area contributed by atoms with Crippen molar-refractivity contribution in [1.82, 2.24) is 10.2 Å². The first-order chi connectivity index (χ1) is 20.0. The first-order valence-electron chi connectivity index (χ1n) is 12.8. The fourth-order valence-electron chi connectivity index (χ4n) is 4.35. The van der Waals surface area contributed by atoms with Crippen LogP contribution in [0.3, 0.4) is 0 Å². The van der Waals surface area contributed by atoms with Gasteiger partial charge in [-0.05, 0) is 54.4 Å². The van der Waals surface area contributed by atoms with E-state index in [9.17, 15) is 18.0 Å². The molecule has 0 aliphatic heterocycles. The predicted octanol–water partition coefficient (Wildman–Crippen LogP) is 4.77. The lowest BCUT2D eigenvalue weighted by Crippen LogP contribution is -2.51. The van der Waals surface area contributed by atoms with Crippen LogP contribution in [0, 0.1) is 0 Å². The molecule has 3 aromatic carbocycles. The van der Waals surface area contributed by atoms with Gasteiger partial charge in [0.1, 0.15) is 18.3 Å². The first kappa shape index (κ1) is 32.8. The molecular weight excluding hydrogens is 605 g/mol. The van der Waals surface area contributed by atoms with Crippen LogP contribution >= 0.6 is 23.2 Å². The third-order valence-electron chi connectivity index (χ3n) is 6.53. The molecule has 0 bridgehead atoms. The maximum atomic E-state index is 14.2. The average molecular weight is 639 g/mol. The lowest BCUT2D eigenvalue weighted by molar-refractivity contribution is -0.140. The van der Waals surface area contributed by atoms with Crippen molar-refractivity contribution in [2.45, 2.75) is 30.8 Å². The first-order valence-corrected chi connectivity index (χ1v) is 15.0. The predicted molar refractivity (Wildman–Crippen MR) is 162 cm³/mol. The highest BCUT2D eigenvalue weighted by Gasteiger charge is 2.35. The Morgan fingerprint density at radius 2 is 1.45 bits per heavy atom. The molecule has 1 atom stereocenters. The van der Waals surface area contributed by atoms with Gasteiger partial charge in [-0.25, -0.2) is 8.42 Å². The van der Waals surface area contributed by atoms with E-state index in [0.717, 1.165) is 4.31 Å².